The topological polar surface area (TPSA) is 103 Å². The highest BCUT2D eigenvalue weighted by Gasteiger charge is 2.05. The number of halogens is 1. The van der Waals surface area contributed by atoms with Gasteiger partial charge in [-0.3, -0.25) is 5.32 Å². The molecule has 0 atom stereocenters. The maximum Gasteiger partial charge on any atom is 0.412 e. The Bertz CT molecular complexity index is 496. The first-order valence-corrected chi connectivity index (χ1v) is 5.30. The highest BCUT2D eigenvalue weighted by Crippen LogP contribution is 2.18. The van der Waals surface area contributed by atoms with Gasteiger partial charge in [0, 0.05) is 18.0 Å². The molecule has 0 radical (unpaired) electrons. The summed E-state index contributed by atoms with van der Waals surface area (Å²) in [4.78, 5) is 15.0. The van der Waals surface area contributed by atoms with Gasteiger partial charge in [0.05, 0.1) is 12.3 Å². The SMILES string of the molecule is COC(=O)Nc1cc(C(/C=C(\N)Cl)=C/N)ccn1. The fourth-order valence-electron chi connectivity index (χ4n) is 1.21. The van der Waals surface area contributed by atoms with E-state index in [0.717, 1.165) is 0 Å². The fourth-order valence-corrected chi connectivity index (χ4v) is 1.33. The highest BCUT2D eigenvalue weighted by molar-refractivity contribution is 6.29. The molecule has 1 heterocycles. The molecule has 18 heavy (non-hydrogen) atoms. The Balaban J connectivity index is 3.01. The Morgan fingerprint density at radius 3 is 2.89 bits per heavy atom. The Kier molecular flexibility index (Phi) is 5.01. The third-order valence-corrected chi connectivity index (χ3v) is 2.09. The molecule has 5 N–H and O–H groups in total. The van der Waals surface area contributed by atoms with E-state index in [1.165, 1.54) is 25.6 Å². The van der Waals surface area contributed by atoms with Crippen molar-refractivity contribution in [3.8, 4) is 0 Å². The van der Waals surface area contributed by atoms with E-state index in [1.54, 1.807) is 12.1 Å². The van der Waals surface area contributed by atoms with Crippen molar-refractivity contribution in [3.05, 3.63) is 41.3 Å². The number of methoxy groups -OCH3 is 1. The molecule has 1 aromatic heterocycles. The quantitative estimate of drug-likeness (QED) is 0.571. The average molecular weight is 269 g/mol. The smallest absolute Gasteiger partial charge is 0.412 e. The molecule has 0 saturated carbocycles. The van der Waals surface area contributed by atoms with Crippen LogP contribution < -0.4 is 16.8 Å². The normalized spacial score (nSPS) is 12.1. The second-order valence-electron chi connectivity index (χ2n) is 3.20. The fraction of sp³-hybridized carbons (Fsp3) is 0.0909. The number of hydrogen-bond acceptors (Lipinski definition) is 5. The van der Waals surface area contributed by atoms with Gasteiger partial charge >= 0.3 is 6.09 Å². The van der Waals surface area contributed by atoms with E-state index in [9.17, 15) is 4.79 Å². The molecule has 0 saturated heterocycles. The zero-order chi connectivity index (χ0) is 13.5. The van der Waals surface area contributed by atoms with Crippen LogP contribution in [0.25, 0.3) is 5.57 Å². The molecule has 96 valence electrons. The number of nitrogens with two attached hydrogens (primary N) is 2. The van der Waals surface area contributed by atoms with Gasteiger partial charge in [-0.1, -0.05) is 11.6 Å². The van der Waals surface area contributed by atoms with Gasteiger partial charge in [-0.2, -0.15) is 0 Å². The Labute approximate surface area is 109 Å². The molecular formula is C11H13ClN4O2. The van der Waals surface area contributed by atoms with Crippen molar-refractivity contribution in [1.29, 1.82) is 0 Å². The summed E-state index contributed by atoms with van der Waals surface area (Å²) in [5.41, 5.74) is 12.2. The van der Waals surface area contributed by atoms with Crippen LogP contribution in [0.5, 0.6) is 0 Å². The highest BCUT2D eigenvalue weighted by atomic mass is 35.5. The molecule has 0 aliphatic rings. The number of nitrogens with zero attached hydrogens (tertiary/aromatic N) is 1. The number of rotatable bonds is 3. The van der Waals surface area contributed by atoms with E-state index in [0.29, 0.717) is 17.0 Å². The molecule has 0 aliphatic carbocycles. The second kappa shape index (κ2) is 6.51. The van der Waals surface area contributed by atoms with Crippen LogP contribution in [-0.4, -0.2) is 18.2 Å². The summed E-state index contributed by atoms with van der Waals surface area (Å²) >= 11 is 5.58. The minimum atomic E-state index is -0.606. The van der Waals surface area contributed by atoms with Crippen LogP contribution in [0.1, 0.15) is 5.56 Å². The molecule has 0 fully saturated rings. The molecule has 6 nitrogen and oxygen atoms in total. The summed E-state index contributed by atoms with van der Waals surface area (Å²) < 4.78 is 4.46. The zero-order valence-corrected chi connectivity index (χ0v) is 10.4. The van der Waals surface area contributed by atoms with E-state index in [4.69, 9.17) is 23.1 Å². The number of nitrogens with one attached hydrogen (secondary N) is 1. The number of allylic oxidation sites excluding steroid dienone is 2. The van der Waals surface area contributed by atoms with Crippen LogP contribution in [0, 0.1) is 0 Å². The molecule has 1 aromatic rings. The van der Waals surface area contributed by atoms with Crippen LogP contribution in [0.3, 0.4) is 0 Å². The predicted octanol–water partition coefficient (Wildman–Crippen LogP) is 1.60. The first-order chi connectivity index (χ1) is 8.56. The number of hydrogen-bond donors (Lipinski definition) is 3. The maximum atomic E-state index is 11.0. The number of anilines is 1. The third-order valence-electron chi connectivity index (χ3n) is 1.98. The summed E-state index contributed by atoms with van der Waals surface area (Å²) in [5, 5.41) is 2.54. The first-order valence-electron chi connectivity index (χ1n) is 4.92. The molecule has 0 spiro atoms. The van der Waals surface area contributed by atoms with Crippen LogP contribution >= 0.6 is 11.6 Å². The van der Waals surface area contributed by atoms with Crippen molar-refractivity contribution in [3.63, 3.8) is 0 Å². The molecule has 0 aromatic carbocycles. The van der Waals surface area contributed by atoms with E-state index in [1.807, 2.05) is 0 Å². The van der Waals surface area contributed by atoms with Crippen molar-refractivity contribution in [2.45, 2.75) is 0 Å². The summed E-state index contributed by atoms with van der Waals surface area (Å²) in [6.07, 6.45) is 3.76. The van der Waals surface area contributed by atoms with Crippen molar-refractivity contribution in [1.82, 2.24) is 4.98 Å². The molecule has 0 bridgehead atoms. The Morgan fingerprint density at radius 1 is 1.61 bits per heavy atom. The number of ether oxygens (including phenoxy) is 1. The monoisotopic (exact) mass is 268 g/mol. The lowest BCUT2D eigenvalue weighted by Crippen LogP contribution is -2.12. The summed E-state index contributed by atoms with van der Waals surface area (Å²) in [6.45, 7) is 0. The van der Waals surface area contributed by atoms with Crippen LogP contribution in [0.4, 0.5) is 10.6 Å². The standard InChI is InChI=1S/C11H13ClN4O2/c1-18-11(17)16-10-5-7(2-3-15-10)8(6-13)4-9(12)14/h2-6H,13-14H2,1H3,(H,15,16,17)/b8-6+,9-4-. The van der Waals surface area contributed by atoms with E-state index in [-0.39, 0.29) is 5.16 Å². The van der Waals surface area contributed by atoms with Crippen molar-refractivity contribution in [2.24, 2.45) is 11.5 Å². The second-order valence-corrected chi connectivity index (χ2v) is 3.63. The summed E-state index contributed by atoms with van der Waals surface area (Å²) in [7, 11) is 1.27. The van der Waals surface area contributed by atoms with E-state index < -0.39 is 6.09 Å². The number of pyridine rings is 1. The zero-order valence-electron chi connectivity index (χ0n) is 9.68. The van der Waals surface area contributed by atoms with Gasteiger partial charge in [0.15, 0.2) is 0 Å². The Hall–Kier alpha value is -2.21. The summed E-state index contributed by atoms with van der Waals surface area (Å²) in [5.74, 6) is 0.334. The van der Waals surface area contributed by atoms with Gasteiger partial charge in [0.2, 0.25) is 0 Å². The van der Waals surface area contributed by atoms with Gasteiger partial charge in [-0.25, -0.2) is 9.78 Å². The largest absolute Gasteiger partial charge is 0.453 e. The maximum absolute atomic E-state index is 11.0. The predicted molar refractivity (Wildman–Crippen MR) is 70.6 cm³/mol. The van der Waals surface area contributed by atoms with Crippen molar-refractivity contribution < 1.29 is 9.53 Å². The van der Waals surface area contributed by atoms with Gasteiger partial charge in [-0.15, -0.1) is 0 Å². The molecule has 0 aliphatic heterocycles. The molecule has 1 amide bonds. The summed E-state index contributed by atoms with van der Waals surface area (Å²) in [6, 6.07) is 3.32. The number of carbonyl (C=O) groups is 1. The number of amides is 1. The van der Waals surface area contributed by atoms with Gasteiger partial charge in [-0.05, 0) is 23.8 Å². The van der Waals surface area contributed by atoms with Crippen LogP contribution in [0.2, 0.25) is 0 Å². The van der Waals surface area contributed by atoms with Crippen LogP contribution in [-0.2, 0) is 4.74 Å². The van der Waals surface area contributed by atoms with E-state index >= 15 is 0 Å². The van der Waals surface area contributed by atoms with Gasteiger partial charge in [0.25, 0.3) is 0 Å². The average Bonchev–Trinajstić information content (AvgIpc) is 2.35. The lowest BCUT2D eigenvalue weighted by Gasteiger charge is -2.06. The molecular weight excluding hydrogens is 256 g/mol. The van der Waals surface area contributed by atoms with Crippen molar-refractivity contribution in [2.75, 3.05) is 12.4 Å². The van der Waals surface area contributed by atoms with Gasteiger partial charge in [0.1, 0.15) is 5.82 Å². The number of carbonyl (C=O) groups excluding carboxylic acids is 1. The van der Waals surface area contributed by atoms with Gasteiger partial charge < -0.3 is 16.2 Å². The molecule has 7 heteroatoms. The lowest BCUT2D eigenvalue weighted by atomic mass is 10.1. The first kappa shape index (κ1) is 13.9. The minimum Gasteiger partial charge on any atom is -0.453 e. The Morgan fingerprint density at radius 2 is 2.33 bits per heavy atom. The minimum absolute atomic E-state index is 0.103. The lowest BCUT2D eigenvalue weighted by molar-refractivity contribution is 0.187. The van der Waals surface area contributed by atoms with Crippen molar-refractivity contribution >= 4 is 29.1 Å². The molecule has 0 unspecified atom stereocenters. The van der Waals surface area contributed by atoms with E-state index in [2.05, 4.69) is 15.0 Å². The third kappa shape index (κ3) is 3.99. The number of aromatic nitrogens is 1. The molecule has 1 rings (SSSR count). The van der Waals surface area contributed by atoms with Crippen LogP contribution in [0.15, 0.2) is 35.8 Å².